The third-order valence-electron chi connectivity index (χ3n) is 2.15. The van der Waals surface area contributed by atoms with Crippen molar-refractivity contribution in [2.75, 3.05) is 18.5 Å². The molecule has 1 aromatic rings. The number of ether oxygens (including phenoxy) is 1. The Morgan fingerprint density at radius 1 is 1.54 bits per heavy atom. The molecule has 1 aliphatic heterocycles. The van der Waals surface area contributed by atoms with Crippen molar-refractivity contribution in [2.24, 2.45) is 0 Å². The Morgan fingerprint density at radius 3 is 3.31 bits per heavy atom. The van der Waals surface area contributed by atoms with Crippen LogP contribution in [0.15, 0.2) is 30.9 Å². The monoisotopic (exact) mass is 175 g/mol. The van der Waals surface area contributed by atoms with Gasteiger partial charge < -0.3 is 10.1 Å². The maximum Gasteiger partial charge on any atom is 0.120 e. The van der Waals surface area contributed by atoms with Crippen molar-refractivity contribution in [1.29, 1.82) is 0 Å². The SMILES string of the molecule is C=CCOc1ccc2c(c1)CCN2. The Balaban J connectivity index is 2.16. The van der Waals surface area contributed by atoms with E-state index < -0.39 is 0 Å². The van der Waals surface area contributed by atoms with E-state index in [1.165, 1.54) is 11.3 Å². The molecule has 0 aromatic heterocycles. The second kappa shape index (κ2) is 3.52. The van der Waals surface area contributed by atoms with Crippen molar-refractivity contribution in [1.82, 2.24) is 0 Å². The van der Waals surface area contributed by atoms with Crippen LogP contribution in [0.2, 0.25) is 0 Å². The van der Waals surface area contributed by atoms with E-state index >= 15 is 0 Å². The molecule has 0 aliphatic carbocycles. The molecule has 0 saturated carbocycles. The molecule has 0 fully saturated rings. The van der Waals surface area contributed by atoms with Crippen LogP contribution in [0, 0.1) is 0 Å². The highest BCUT2D eigenvalue weighted by atomic mass is 16.5. The minimum Gasteiger partial charge on any atom is -0.490 e. The van der Waals surface area contributed by atoms with Gasteiger partial charge in [0.15, 0.2) is 0 Å². The summed E-state index contributed by atoms with van der Waals surface area (Å²) in [4.78, 5) is 0. The van der Waals surface area contributed by atoms with Crippen LogP contribution in [-0.4, -0.2) is 13.2 Å². The molecule has 0 saturated heterocycles. The summed E-state index contributed by atoms with van der Waals surface area (Å²) in [6, 6.07) is 6.15. The standard InChI is InChI=1S/C11H13NO/c1-2-7-13-10-3-4-11-9(8-10)5-6-12-11/h2-4,8,12H,1,5-7H2. The maximum atomic E-state index is 5.43. The highest BCUT2D eigenvalue weighted by molar-refractivity contribution is 5.57. The first-order chi connectivity index (χ1) is 6.40. The molecule has 0 amide bonds. The summed E-state index contributed by atoms with van der Waals surface area (Å²) in [5.74, 6) is 0.933. The predicted octanol–water partition coefficient (Wildman–Crippen LogP) is 2.22. The molecule has 68 valence electrons. The fourth-order valence-corrected chi connectivity index (χ4v) is 1.53. The fraction of sp³-hybridized carbons (Fsp3) is 0.273. The minimum absolute atomic E-state index is 0.576. The maximum absolute atomic E-state index is 5.43. The van der Waals surface area contributed by atoms with Gasteiger partial charge >= 0.3 is 0 Å². The summed E-state index contributed by atoms with van der Waals surface area (Å²) in [7, 11) is 0. The van der Waals surface area contributed by atoms with Crippen LogP contribution in [0.5, 0.6) is 5.75 Å². The van der Waals surface area contributed by atoms with Crippen molar-refractivity contribution < 1.29 is 4.74 Å². The number of fused-ring (bicyclic) bond motifs is 1. The minimum atomic E-state index is 0.576. The van der Waals surface area contributed by atoms with Gasteiger partial charge in [0.1, 0.15) is 12.4 Å². The average Bonchev–Trinajstić information content (AvgIpc) is 2.61. The summed E-state index contributed by atoms with van der Waals surface area (Å²) in [6.45, 7) is 5.23. The lowest BCUT2D eigenvalue weighted by Crippen LogP contribution is -1.93. The van der Waals surface area contributed by atoms with Crippen LogP contribution in [0.3, 0.4) is 0 Å². The molecular formula is C11H13NO. The molecule has 0 unspecified atom stereocenters. The van der Waals surface area contributed by atoms with E-state index in [0.29, 0.717) is 6.61 Å². The second-order valence-electron chi connectivity index (χ2n) is 3.10. The van der Waals surface area contributed by atoms with Crippen molar-refractivity contribution in [3.63, 3.8) is 0 Å². The van der Waals surface area contributed by atoms with Crippen molar-refractivity contribution in [3.05, 3.63) is 36.4 Å². The third-order valence-corrected chi connectivity index (χ3v) is 2.15. The van der Waals surface area contributed by atoms with E-state index in [4.69, 9.17) is 4.74 Å². The zero-order valence-corrected chi connectivity index (χ0v) is 7.55. The van der Waals surface area contributed by atoms with Crippen LogP contribution in [0.1, 0.15) is 5.56 Å². The smallest absolute Gasteiger partial charge is 0.120 e. The highest BCUT2D eigenvalue weighted by Gasteiger charge is 2.09. The van der Waals surface area contributed by atoms with Crippen LogP contribution in [0.4, 0.5) is 5.69 Å². The quantitative estimate of drug-likeness (QED) is 0.711. The molecule has 1 aromatic carbocycles. The van der Waals surface area contributed by atoms with Gasteiger partial charge in [0, 0.05) is 12.2 Å². The number of nitrogens with one attached hydrogen (secondary N) is 1. The number of hydrogen-bond donors (Lipinski definition) is 1. The van der Waals surface area contributed by atoms with Crippen molar-refractivity contribution >= 4 is 5.69 Å². The molecule has 1 heterocycles. The van der Waals surface area contributed by atoms with E-state index in [-0.39, 0.29) is 0 Å². The first-order valence-electron chi connectivity index (χ1n) is 4.50. The van der Waals surface area contributed by atoms with E-state index in [9.17, 15) is 0 Å². The Labute approximate surface area is 78.2 Å². The van der Waals surface area contributed by atoms with Gasteiger partial charge in [0.2, 0.25) is 0 Å². The summed E-state index contributed by atoms with van der Waals surface area (Å²) >= 11 is 0. The molecule has 13 heavy (non-hydrogen) atoms. The Hall–Kier alpha value is -1.44. The van der Waals surface area contributed by atoms with Crippen molar-refractivity contribution in [3.8, 4) is 5.75 Å². The molecule has 2 heteroatoms. The highest BCUT2D eigenvalue weighted by Crippen LogP contribution is 2.26. The molecule has 2 nitrogen and oxygen atoms in total. The Morgan fingerprint density at radius 2 is 2.46 bits per heavy atom. The average molecular weight is 175 g/mol. The number of rotatable bonds is 3. The number of benzene rings is 1. The molecule has 0 bridgehead atoms. The van der Waals surface area contributed by atoms with E-state index in [2.05, 4.69) is 24.0 Å². The fourth-order valence-electron chi connectivity index (χ4n) is 1.53. The molecule has 1 aliphatic rings. The number of hydrogen-bond acceptors (Lipinski definition) is 2. The van der Waals surface area contributed by atoms with Crippen LogP contribution < -0.4 is 10.1 Å². The lowest BCUT2D eigenvalue weighted by molar-refractivity contribution is 0.363. The van der Waals surface area contributed by atoms with Gasteiger partial charge in [-0.3, -0.25) is 0 Å². The van der Waals surface area contributed by atoms with E-state index in [1.807, 2.05) is 6.07 Å². The van der Waals surface area contributed by atoms with Gasteiger partial charge in [-0.2, -0.15) is 0 Å². The molecule has 2 rings (SSSR count). The zero-order valence-electron chi connectivity index (χ0n) is 7.55. The first kappa shape index (κ1) is 8.17. The molecule has 0 radical (unpaired) electrons. The summed E-state index contributed by atoms with van der Waals surface area (Å²) in [5.41, 5.74) is 2.59. The van der Waals surface area contributed by atoms with Crippen LogP contribution in [0.25, 0.3) is 0 Å². The van der Waals surface area contributed by atoms with Gasteiger partial charge in [0.25, 0.3) is 0 Å². The van der Waals surface area contributed by atoms with Crippen molar-refractivity contribution in [2.45, 2.75) is 6.42 Å². The summed E-state index contributed by atoms with van der Waals surface area (Å²) in [5, 5.41) is 3.31. The van der Waals surface area contributed by atoms with Gasteiger partial charge in [-0.25, -0.2) is 0 Å². The Bertz CT molecular complexity index is 320. The number of anilines is 1. The molecular weight excluding hydrogens is 162 g/mol. The van der Waals surface area contributed by atoms with Gasteiger partial charge in [-0.15, -0.1) is 0 Å². The van der Waals surface area contributed by atoms with Crippen LogP contribution >= 0.6 is 0 Å². The largest absolute Gasteiger partial charge is 0.490 e. The van der Waals surface area contributed by atoms with Gasteiger partial charge in [-0.1, -0.05) is 12.7 Å². The molecule has 1 N–H and O–H groups in total. The lowest BCUT2D eigenvalue weighted by Gasteiger charge is -2.05. The summed E-state index contributed by atoms with van der Waals surface area (Å²) < 4.78 is 5.43. The third kappa shape index (κ3) is 1.66. The topological polar surface area (TPSA) is 21.3 Å². The Kier molecular flexibility index (Phi) is 2.21. The summed E-state index contributed by atoms with van der Waals surface area (Å²) in [6.07, 6.45) is 2.85. The van der Waals surface area contributed by atoms with Crippen LogP contribution in [-0.2, 0) is 6.42 Å². The lowest BCUT2D eigenvalue weighted by atomic mass is 10.1. The predicted molar refractivity (Wildman–Crippen MR) is 54.3 cm³/mol. The normalized spacial score (nSPS) is 13.2. The van der Waals surface area contributed by atoms with Gasteiger partial charge in [-0.05, 0) is 30.2 Å². The molecule has 0 atom stereocenters. The zero-order chi connectivity index (χ0) is 9.10. The first-order valence-corrected chi connectivity index (χ1v) is 4.50. The molecule has 0 spiro atoms. The van der Waals surface area contributed by atoms with E-state index in [1.54, 1.807) is 6.08 Å². The van der Waals surface area contributed by atoms with Gasteiger partial charge in [0.05, 0.1) is 0 Å². The van der Waals surface area contributed by atoms with E-state index in [0.717, 1.165) is 18.7 Å². The second-order valence-corrected chi connectivity index (χ2v) is 3.10.